The van der Waals surface area contributed by atoms with Gasteiger partial charge < -0.3 is 10.6 Å². The van der Waals surface area contributed by atoms with Crippen LogP contribution in [-0.2, 0) is 0 Å². The first kappa shape index (κ1) is 14.5. The van der Waals surface area contributed by atoms with Crippen molar-refractivity contribution < 1.29 is 4.39 Å². The van der Waals surface area contributed by atoms with E-state index >= 15 is 0 Å². The molecule has 0 atom stereocenters. The van der Waals surface area contributed by atoms with Crippen molar-refractivity contribution in [3.8, 4) is 0 Å². The molecule has 2 aromatic carbocycles. The highest BCUT2D eigenvalue weighted by molar-refractivity contribution is 7.80. The molecule has 0 spiro atoms. The molecule has 0 saturated heterocycles. The van der Waals surface area contributed by atoms with Crippen LogP contribution in [0.15, 0.2) is 36.4 Å². The number of nitrogens with one attached hydrogen (secondary N) is 2. The average Bonchev–Trinajstić information content (AvgIpc) is 2.37. The summed E-state index contributed by atoms with van der Waals surface area (Å²) in [6, 6.07) is 10.7. The quantitative estimate of drug-likeness (QED) is 0.792. The van der Waals surface area contributed by atoms with Crippen molar-refractivity contribution in [2.45, 2.75) is 20.8 Å². The molecule has 0 saturated carbocycles. The van der Waals surface area contributed by atoms with E-state index in [0.29, 0.717) is 5.11 Å². The molecule has 0 aliphatic rings. The van der Waals surface area contributed by atoms with Crippen LogP contribution in [0.3, 0.4) is 0 Å². The first-order valence-electron chi connectivity index (χ1n) is 6.37. The Hall–Kier alpha value is -1.94. The number of benzene rings is 2. The molecule has 0 aliphatic carbocycles. The third kappa shape index (κ3) is 3.54. The summed E-state index contributed by atoms with van der Waals surface area (Å²) in [5.74, 6) is -0.249. The zero-order chi connectivity index (χ0) is 14.7. The van der Waals surface area contributed by atoms with E-state index in [2.05, 4.69) is 16.7 Å². The Labute approximate surface area is 124 Å². The van der Waals surface area contributed by atoms with E-state index < -0.39 is 0 Å². The second kappa shape index (κ2) is 6.01. The molecule has 0 heterocycles. The van der Waals surface area contributed by atoms with Crippen LogP contribution in [0.25, 0.3) is 0 Å². The topological polar surface area (TPSA) is 24.1 Å². The Bertz CT molecular complexity index is 653. The molecular formula is C16H17FN2S. The van der Waals surface area contributed by atoms with E-state index in [0.717, 1.165) is 22.5 Å². The van der Waals surface area contributed by atoms with Crippen molar-refractivity contribution >= 4 is 28.7 Å². The lowest BCUT2D eigenvalue weighted by Gasteiger charge is -2.14. The monoisotopic (exact) mass is 288 g/mol. The Morgan fingerprint density at radius 3 is 2.30 bits per heavy atom. The van der Waals surface area contributed by atoms with Crippen molar-refractivity contribution in [3.05, 3.63) is 58.9 Å². The fourth-order valence-electron chi connectivity index (χ4n) is 1.91. The molecule has 0 unspecified atom stereocenters. The van der Waals surface area contributed by atoms with Gasteiger partial charge in [0, 0.05) is 11.4 Å². The fourth-order valence-corrected chi connectivity index (χ4v) is 2.13. The molecule has 0 aromatic heterocycles. The zero-order valence-corrected chi connectivity index (χ0v) is 12.6. The fraction of sp³-hybridized carbons (Fsp3) is 0.188. The van der Waals surface area contributed by atoms with Crippen LogP contribution in [0.1, 0.15) is 16.7 Å². The molecule has 0 amide bonds. The first-order chi connectivity index (χ1) is 9.45. The number of rotatable bonds is 2. The summed E-state index contributed by atoms with van der Waals surface area (Å²) in [6.45, 7) is 5.89. The van der Waals surface area contributed by atoms with E-state index in [9.17, 15) is 4.39 Å². The Morgan fingerprint density at radius 1 is 0.900 bits per heavy atom. The Balaban J connectivity index is 2.11. The summed E-state index contributed by atoms with van der Waals surface area (Å²) in [6.07, 6.45) is 0. The maximum absolute atomic E-state index is 13.1. The van der Waals surface area contributed by atoms with Gasteiger partial charge in [-0.15, -0.1) is 0 Å². The van der Waals surface area contributed by atoms with Crippen LogP contribution in [-0.4, -0.2) is 5.11 Å². The standard InChI is InChI=1S/C16H17FN2S/c1-10-4-5-11(2)15(8-10)19-16(20)18-14-7-6-13(17)9-12(14)3/h4-9H,1-3H3,(H2,18,19,20). The molecule has 2 N–H and O–H groups in total. The second-order valence-electron chi connectivity index (χ2n) is 4.86. The van der Waals surface area contributed by atoms with Crippen LogP contribution in [0.4, 0.5) is 15.8 Å². The number of thiocarbonyl (C=S) groups is 1. The molecule has 2 aromatic rings. The maximum atomic E-state index is 13.1. The van der Waals surface area contributed by atoms with Crippen LogP contribution in [0.2, 0.25) is 0 Å². The maximum Gasteiger partial charge on any atom is 0.175 e. The number of halogens is 1. The Morgan fingerprint density at radius 2 is 1.60 bits per heavy atom. The molecule has 0 radical (unpaired) electrons. The average molecular weight is 288 g/mol. The third-order valence-electron chi connectivity index (χ3n) is 3.08. The van der Waals surface area contributed by atoms with Gasteiger partial charge in [0.25, 0.3) is 0 Å². The Kier molecular flexibility index (Phi) is 4.35. The lowest BCUT2D eigenvalue weighted by atomic mass is 10.1. The van der Waals surface area contributed by atoms with E-state index in [1.807, 2.05) is 32.9 Å². The van der Waals surface area contributed by atoms with Gasteiger partial charge in [0.2, 0.25) is 0 Å². The molecule has 2 nitrogen and oxygen atoms in total. The minimum Gasteiger partial charge on any atom is -0.332 e. The molecule has 104 valence electrons. The van der Waals surface area contributed by atoms with Crippen molar-refractivity contribution in [1.29, 1.82) is 0 Å². The smallest absolute Gasteiger partial charge is 0.175 e. The molecular weight excluding hydrogens is 271 g/mol. The largest absolute Gasteiger partial charge is 0.332 e. The number of hydrogen-bond donors (Lipinski definition) is 2. The summed E-state index contributed by atoms with van der Waals surface area (Å²) in [5.41, 5.74) is 4.88. The van der Waals surface area contributed by atoms with Crippen LogP contribution in [0, 0.1) is 26.6 Å². The molecule has 20 heavy (non-hydrogen) atoms. The predicted octanol–water partition coefficient (Wildman–Crippen LogP) is 4.56. The molecule has 0 aliphatic heterocycles. The SMILES string of the molecule is Cc1ccc(C)c(NC(=S)Nc2ccc(F)cc2C)c1. The lowest BCUT2D eigenvalue weighted by molar-refractivity contribution is 0.627. The molecule has 2 rings (SSSR count). The zero-order valence-electron chi connectivity index (χ0n) is 11.8. The van der Waals surface area contributed by atoms with Gasteiger partial charge in [0.1, 0.15) is 5.82 Å². The first-order valence-corrected chi connectivity index (χ1v) is 6.78. The van der Waals surface area contributed by atoms with E-state index in [4.69, 9.17) is 12.2 Å². The normalized spacial score (nSPS) is 10.2. The van der Waals surface area contributed by atoms with Crippen LogP contribution >= 0.6 is 12.2 Å². The predicted molar refractivity (Wildman–Crippen MR) is 86.9 cm³/mol. The molecule has 4 heteroatoms. The van der Waals surface area contributed by atoms with Gasteiger partial charge in [-0.2, -0.15) is 0 Å². The van der Waals surface area contributed by atoms with Gasteiger partial charge in [-0.25, -0.2) is 4.39 Å². The van der Waals surface area contributed by atoms with E-state index in [-0.39, 0.29) is 5.82 Å². The minimum atomic E-state index is -0.249. The number of anilines is 2. The van der Waals surface area contributed by atoms with Gasteiger partial charge >= 0.3 is 0 Å². The van der Waals surface area contributed by atoms with Crippen LogP contribution < -0.4 is 10.6 Å². The molecule has 0 fully saturated rings. The van der Waals surface area contributed by atoms with Crippen molar-refractivity contribution in [2.24, 2.45) is 0 Å². The number of aryl methyl sites for hydroxylation is 3. The summed E-state index contributed by atoms with van der Waals surface area (Å²) in [5, 5.41) is 6.75. The minimum absolute atomic E-state index is 0.249. The summed E-state index contributed by atoms with van der Waals surface area (Å²) < 4.78 is 13.1. The van der Waals surface area contributed by atoms with E-state index in [1.54, 1.807) is 6.07 Å². The molecule has 0 bridgehead atoms. The van der Waals surface area contributed by atoms with Crippen molar-refractivity contribution in [1.82, 2.24) is 0 Å². The van der Waals surface area contributed by atoms with Gasteiger partial charge in [-0.05, 0) is 73.9 Å². The summed E-state index contributed by atoms with van der Waals surface area (Å²) in [4.78, 5) is 0. The number of hydrogen-bond acceptors (Lipinski definition) is 1. The van der Waals surface area contributed by atoms with Crippen molar-refractivity contribution in [3.63, 3.8) is 0 Å². The highest BCUT2D eigenvalue weighted by Crippen LogP contribution is 2.19. The van der Waals surface area contributed by atoms with Gasteiger partial charge in [0.15, 0.2) is 5.11 Å². The van der Waals surface area contributed by atoms with Gasteiger partial charge in [0.05, 0.1) is 0 Å². The third-order valence-corrected chi connectivity index (χ3v) is 3.28. The van der Waals surface area contributed by atoms with E-state index in [1.165, 1.54) is 17.7 Å². The highest BCUT2D eigenvalue weighted by atomic mass is 32.1. The van der Waals surface area contributed by atoms with Gasteiger partial charge in [-0.1, -0.05) is 12.1 Å². The second-order valence-corrected chi connectivity index (χ2v) is 5.26. The summed E-state index contributed by atoms with van der Waals surface area (Å²) in [7, 11) is 0. The highest BCUT2D eigenvalue weighted by Gasteiger charge is 2.04. The van der Waals surface area contributed by atoms with Crippen LogP contribution in [0.5, 0.6) is 0 Å². The summed E-state index contributed by atoms with van der Waals surface area (Å²) >= 11 is 5.30. The van der Waals surface area contributed by atoms with Crippen molar-refractivity contribution in [2.75, 3.05) is 10.6 Å². The van der Waals surface area contributed by atoms with Gasteiger partial charge in [-0.3, -0.25) is 0 Å². The lowest BCUT2D eigenvalue weighted by Crippen LogP contribution is -2.20.